The molecule has 172 valence electrons. The van der Waals surface area contributed by atoms with Gasteiger partial charge in [0, 0.05) is 12.0 Å². The molecule has 0 aliphatic heterocycles. The Morgan fingerprint density at radius 1 is 1.06 bits per heavy atom. The summed E-state index contributed by atoms with van der Waals surface area (Å²) in [6.45, 7) is 1.98. The highest BCUT2D eigenvalue weighted by molar-refractivity contribution is 5.90. The first-order valence-electron chi connectivity index (χ1n) is 11.6. The van der Waals surface area contributed by atoms with Crippen molar-refractivity contribution in [1.29, 1.82) is 0 Å². The summed E-state index contributed by atoms with van der Waals surface area (Å²) in [5, 5.41) is 14.8. The highest BCUT2D eigenvalue weighted by atomic mass is 16.5. The summed E-state index contributed by atoms with van der Waals surface area (Å²) in [5.41, 5.74) is 4.13. The number of hydrogen-bond acceptors (Lipinski definition) is 4. The number of nitrogens with one attached hydrogen (secondary N) is 2. The molecule has 0 heterocycles. The van der Waals surface area contributed by atoms with Crippen molar-refractivity contribution >= 4 is 18.0 Å². The van der Waals surface area contributed by atoms with E-state index in [1.165, 1.54) is 11.1 Å². The van der Waals surface area contributed by atoms with Crippen molar-refractivity contribution in [3.8, 4) is 11.1 Å². The summed E-state index contributed by atoms with van der Waals surface area (Å²) in [5.74, 6) is -1.05. The monoisotopic (exact) mass is 448 g/mol. The van der Waals surface area contributed by atoms with Gasteiger partial charge in [0.25, 0.3) is 0 Å². The van der Waals surface area contributed by atoms with E-state index < -0.39 is 23.5 Å². The van der Waals surface area contributed by atoms with Crippen LogP contribution in [-0.4, -0.2) is 41.8 Å². The normalized spacial score (nSPS) is 25.4. The predicted molar refractivity (Wildman–Crippen MR) is 122 cm³/mol. The molecule has 4 atom stereocenters. The number of carbonyl (C=O) groups is 3. The molecule has 0 saturated heterocycles. The fourth-order valence-corrected chi connectivity index (χ4v) is 5.73. The molecule has 0 aromatic heterocycles. The zero-order valence-electron chi connectivity index (χ0n) is 18.5. The molecule has 0 bridgehead atoms. The fraction of sp³-hybridized carbons (Fsp3) is 0.423. The Labute approximate surface area is 192 Å². The number of carboxylic acids is 1. The molecule has 0 spiro atoms. The lowest BCUT2D eigenvalue weighted by Gasteiger charge is -2.20. The van der Waals surface area contributed by atoms with Gasteiger partial charge in [0.15, 0.2) is 0 Å². The Kier molecular flexibility index (Phi) is 5.35. The van der Waals surface area contributed by atoms with Crippen LogP contribution in [0.1, 0.15) is 49.7 Å². The summed E-state index contributed by atoms with van der Waals surface area (Å²) >= 11 is 0. The van der Waals surface area contributed by atoms with Gasteiger partial charge in [-0.15, -0.1) is 0 Å². The van der Waals surface area contributed by atoms with Crippen LogP contribution in [0.5, 0.6) is 0 Å². The molecule has 2 aromatic rings. The Balaban J connectivity index is 1.17. The molecule has 0 radical (unpaired) electrons. The fourth-order valence-electron chi connectivity index (χ4n) is 5.73. The minimum Gasteiger partial charge on any atom is -0.480 e. The molecule has 5 rings (SSSR count). The molecule has 2 aromatic carbocycles. The molecule has 2 fully saturated rings. The molecule has 7 heteroatoms. The second-order valence-corrected chi connectivity index (χ2v) is 9.44. The maximum Gasteiger partial charge on any atom is 0.407 e. The van der Waals surface area contributed by atoms with Crippen LogP contribution in [0.3, 0.4) is 0 Å². The summed E-state index contributed by atoms with van der Waals surface area (Å²) < 4.78 is 5.63. The minimum atomic E-state index is -1.02. The van der Waals surface area contributed by atoms with E-state index in [9.17, 15) is 19.5 Å². The summed E-state index contributed by atoms with van der Waals surface area (Å²) in [7, 11) is 0. The summed E-state index contributed by atoms with van der Waals surface area (Å²) in [6.07, 6.45) is 1.84. The largest absolute Gasteiger partial charge is 0.480 e. The lowest BCUT2D eigenvalue weighted by atomic mass is 9.98. The molecular formula is C26H28N2O5. The summed E-state index contributed by atoms with van der Waals surface area (Å²) in [4.78, 5) is 36.6. The molecule has 3 aliphatic carbocycles. The standard InChI is InChI=1S/C26H28N2O5/c1-2-22(23(29)30)28-24(31)26-12-15(26)11-16(13-26)27-25(32)33-14-21-19-9-5-3-7-17(19)18-8-4-6-10-20(18)21/h3-10,15-16,21-22H,2,11-14H2,1H3,(H,27,32)(H,28,31)(H,29,30)/t15-,16+,22+,26+/m0/s1. The number of alkyl carbamates (subject to hydrolysis) is 1. The smallest absolute Gasteiger partial charge is 0.407 e. The Morgan fingerprint density at radius 2 is 1.70 bits per heavy atom. The summed E-state index contributed by atoms with van der Waals surface area (Å²) in [6, 6.07) is 15.4. The van der Waals surface area contributed by atoms with Crippen LogP contribution in [0.2, 0.25) is 0 Å². The first-order valence-corrected chi connectivity index (χ1v) is 11.6. The topological polar surface area (TPSA) is 105 Å². The quantitative estimate of drug-likeness (QED) is 0.599. The highest BCUT2D eigenvalue weighted by Gasteiger charge is 2.65. The van der Waals surface area contributed by atoms with E-state index in [-0.39, 0.29) is 30.4 Å². The number of ether oxygens (including phenoxy) is 1. The van der Waals surface area contributed by atoms with Crippen LogP contribution in [0, 0.1) is 11.3 Å². The molecule has 2 amide bonds. The van der Waals surface area contributed by atoms with Crippen LogP contribution in [0.15, 0.2) is 48.5 Å². The van der Waals surface area contributed by atoms with Gasteiger partial charge >= 0.3 is 12.1 Å². The zero-order chi connectivity index (χ0) is 23.2. The average molecular weight is 449 g/mol. The van der Waals surface area contributed by atoms with Crippen LogP contribution >= 0.6 is 0 Å². The van der Waals surface area contributed by atoms with Crippen molar-refractivity contribution < 1.29 is 24.2 Å². The second kappa shape index (κ2) is 8.21. The first-order chi connectivity index (χ1) is 15.9. The third-order valence-corrected chi connectivity index (χ3v) is 7.54. The maximum atomic E-state index is 12.7. The zero-order valence-corrected chi connectivity index (χ0v) is 18.5. The van der Waals surface area contributed by atoms with Crippen molar-refractivity contribution in [3.05, 3.63) is 59.7 Å². The van der Waals surface area contributed by atoms with Gasteiger partial charge in [0.1, 0.15) is 12.6 Å². The number of amides is 2. The number of aliphatic carboxylic acids is 1. The van der Waals surface area contributed by atoms with Gasteiger partial charge in [-0.05, 0) is 53.9 Å². The SMILES string of the molecule is CC[C@@H](NC(=O)[C@]12C[C@H](NC(=O)OCC3c4ccccc4-c4ccccc43)C[C@H]1C2)C(=O)O. The van der Waals surface area contributed by atoms with Crippen molar-refractivity contribution in [3.63, 3.8) is 0 Å². The Hall–Kier alpha value is -3.35. The van der Waals surface area contributed by atoms with Crippen LogP contribution in [0.25, 0.3) is 11.1 Å². The van der Waals surface area contributed by atoms with Crippen molar-refractivity contribution in [2.75, 3.05) is 6.61 Å². The van der Waals surface area contributed by atoms with E-state index >= 15 is 0 Å². The number of carbonyl (C=O) groups excluding carboxylic acids is 2. The lowest BCUT2D eigenvalue weighted by molar-refractivity contribution is -0.142. The molecule has 0 unspecified atom stereocenters. The van der Waals surface area contributed by atoms with Crippen molar-refractivity contribution in [1.82, 2.24) is 10.6 Å². The van der Waals surface area contributed by atoms with Crippen molar-refractivity contribution in [2.24, 2.45) is 11.3 Å². The van der Waals surface area contributed by atoms with Gasteiger partial charge in [-0.2, -0.15) is 0 Å². The van der Waals surface area contributed by atoms with Crippen LogP contribution < -0.4 is 10.6 Å². The van der Waals surface area contributed by atoms with E-state index in [1.54, 1.807) is 6.92 Å². The Bertz CT molecular complexity index is 1070. The van der Waals surface area contributed by atoms with Crippen molar-refractivity contribution in [2.45, 2.75) is 50.6 Å². The third kappa shape index (κ3) is 3.75. The van der Waals surface area contributed by atoms with Gasteiger partial charge in [0.2, 0.25) is 5.91 Å². The predicted octanol–water partition coefficient (Wildman–Crippen LogP) is 3.67. The van der Waals surface area contributed by atoms with E-state index in [4.69, 9.17) is 4.74 Å². The molecular weight excluding hydrogens is 420 g/mol. The van der Waals surface area contributed by atoms with Gasteiger partial charge < -0.3 is 20.5 Å². The number of carboxylic acid groups (broad SMARTS) is 1. The number of benzene rings is 2. The molecule has 3 N–H and O–H groups in total. The molecule has 3 aliphatic rings. The average Bonchev–Trinajstić information content (AvgIpc) is 3.24. The van der Waals surface area contributed by atoms with Gasteiger partial charge in [0.05, 0.1) is 5.41 Å². The number of rotatable bonds is 7. The molecule has 2 saturated carbocycles. The van der Waals surface area contributed by atoms with E-state index in [0.717, 1.165) is 17.5 Å². The lowest BCUT2D eigenvalue weighted by Crippen LogP contribution is -2.45. The van der Waals surface area contributed by atoms with Crippen LogP contribution in [0.4, 0.5) is 4.79 Å². The van der Waals surface area contributed by atoms with Gasteiger partial charge in [-0.25, -0.2) is 9.59 Å². The number of fused-ring (bicyclic) bond motifs is 4. The van der Waals surface area contributed by atoms with E-state index in [1.807, 2.05) is 24.3 Å². The minimum absolute atomic E-state index is 0.000697. The van der Waals surface area contributed by atoms with E-state index in [0.29, 0.717) is 19.3 Å². The second-order valence-electron chi connectivity index (χ2n) is 9.44. The van der Waals surface area contributed by atoms with Crippen LogP contribution in [-0.2, 0) is 14.3 Å². The number of hydrogen-bond donors (Lipinski definition) is 3. The molecule has 33 heavy (non-hydrogen) atoms. The first kappa shape index (κ1) is 21.5. The third-order valence-electron chi connectivity index (χ3n) is 7.54. The van der Waals surface area contributed by atoms with E-state index in [2.05, 4.69) is 34.9 Å². The highest BCUT2D eigenvalue weighted by Crippen LogP contribution is 2.63. The van der Waals surface area contributed by atoms with Gasteiger partial charge in [-0.1, -0.05) is 55.5 Å². The Morgan fingerprint density at radius 3 is 2.30 bits per heavy atom. The maximum absolute atomic E-state index is 12.7. The van der Waals surface area contributed by atoms with Gasteiger partial charge in [-0.3, -0.25) is 4.79 Å². The molecule has 7 nitrogen and oxygen atoms in total.